The van der Waals surface area contributed by atoms with E-state index in [1.165, 1.54) is 12.1 Å². The summed E-state index contributed by atoms with van der Waals surface area (Å²) in [6.45, 7) is 0.456. The second kappa shape index (κ2) is 4.74. The Morgan fingerprint density at radius 1 is 1.38 bits per heavy atom. The summed E-state index contributed by atoms with van der Waals surface area (Å²) in [6, 6.07) is 6.18. The van der Waals surface area contributed by atoms with E-state index in [2.05, 4.69) is 0 Å². The van der Waals surface area contributed by atoms with Gasteiger partial charge in [0.15, 0.2) is 0 Å². The minimum absolute atomic E-state index is 0.239. The highest BCUT2D eigenvalue weighted by atomic mass is 19.1. The van der Waals surface area contributed by atoms with Crippen molar-refractivity contribution >= 4 is 6.08 Å². The van der Waals surface area contributed by atoms with Gasteiger partial charge < -0.3 is 5.21 Å². The molecule has 0 aliphatic heterocycles. The van der Waals surface area contributed by atoms with Crippen LogP contribution in [-0.2, 0) is 0 Å². The maximum Gasteiger partial charge on any atom is 0.123 e. The highest BCUT2D eigenvalue weighted by Crippen LogP contribution is 2.04. The van der Waals surface area contributed by atoms with Crippen LogP contribution in [0.15, 0.2) is 30.3 Å². The summed E-state index contributed by atoms with van der Waals surface area (Å²) in [5, 5.41) is 9.87. The third kappa shape index (κ3) is 3.83. The van der Waals surface area contributed by atoms with Crippen molar-refractivity contribution in [1.82, 2.24) is 5.06 Å². The number of likely N-dealkylation sites (N-methyl/N-ethyl adjacent to an activating group) is 1. The quantitative estimate of drug-likeness (QED) is 0.722. The topological polar surface area (TPSA) is 23.5 Å². The molecule has 70 valence electrons. The molecule has 0 aliphatic rings. The molecule has 0 aromatic heterocycles. The molecule has 0 unspecified atom stereocenters. The molecule has 0 amide bonds. The summed E-state index contributed by atoms with van der Waals surface area (Å²) >= 11 is 0. The summed E-state index contributed by atoms with van der Waals surface area (Å²) in [5.41, 5.74) is 0.920. The van der Waals surface area contributed by atoms with Gasteiger partial charge >= 0.3 is 0 Å². The third-order valence-corrected chi connectivity index (χ3v) is 1.55. The van der Waals surface area contributed by atoms with Gasteiger partial charge in [-0.25, -0.2) is 4.39 Å². The Hall–Kier alpha value is -1.19. The van der Waals surface area contributed by atoms with Crippen LogP contribution in [0.4, 0.5) is 4.39 Å². The number of halogens is 1. The molecule has 0 saturated carbocycles. The summed E-state index contributed by atoms with van der Waals surface area (Å²) in [6.07, 6.45) is 3.62. The van der Waals surface area contributed by atoms with E-state index in [1.54, 1.807) is 25.3 Å². The molecule has 3 heteroatoms. The molecular formula is C10H12FNO. The molecule has 1 aromatic carbocycles. The molecule has 0 bridgehead atoms. The fraction of sp³-hybridized carbons (Fsp3) is 0.200. The van der Waals surface area contributed by atoms with Crippen LogP contribution in [0.5, 0.6) is 0 Å². The monoisotopic (exact) mass is 181 g/mol. The van der Waals surface area contributed by atoms with Crippen molar-refractivity contribution in [1.29, 1.82) is 0 Å². The van der Waals surface area contributed by atoms with Crippen molar-refractivity contribution in [3.8, 4) is 0 Å². The Bertz CT molecular complexity index is 279. The molecule has 0 heterocycles. The normalized spacial score (nSPS) is 11.4. The molecular weight excluding hydrogens is 169 g/mol. The van der Waals surface area contributed by atoms with Gasteiger partial charge in [-0.2, -0.15) is 5.06 Å². The summed E-state index contributed by atoms with van der Waals surface area (Å²) in [4.78, 5) is 0. The second-order valence-corrected chi connectivity index (χ2v) is 2.79. The number of hydrogen-bond donors (Lipinski definition) is 1. The molecule has 1 rings (SSSR count). The number of hydroxylamine groups is 2. The second-order valence-electron chi connectivity index (χ2n) is 2.79. The lowest BCUT2D eigenvalue weighted by molar-refractivity contribution is -0.0532. The van der Waals surface area contributed by atoms with E-state index in [1.807, 2.05) is 6.08 Å². The van der Waals surface area contributed by atoms with Crippen molar-refractivity contribution in [3.05, 3.63) is 41.7 Å². The third-order valence-electron chi connectivity index (χ3n) is 1.55. The van der Waals surface area contributed by atoms with E-state index in [0.29, 0.717) is 6.54 Å². The van der Waals surface area contributed by atoms with E-state index >= 15 is 0 Å². The standard InChI is InChI=1S/C10H12FNO/c1-12(13)8-2-3-9-4-6-10(11)7-5-9/h2-7,13H,8H2,1H3/b3-2+. The number of nitrogens with zero attached hydrogens (tertiary/aromatic N) is 1. The summed E-state index contributed by atoms with van der Waals surface area (Å²) in [7, 11) is 1.56. The van der Waals surface area contributed by atoms with Crippen molar-refractivity contribution in [2.75, 3.05) is 13.6 Å². The lowest BCUT2D eigenvalue weighted by Crippen LogP contribution is -2.11. The predicted molar refractivity (Wildman–Crippen MR) is 49.9 cm³/mol. The van der Waals surface area contributed by atoms with E-state index < -0.39 is 0 Å². The molecule has 0 aliphatic carbocycles. The molecule has 0 atom stereocenters. The van der Waals surface area contributed by atoms with Crippen molar-refractivity contribution in [2.24, 2.45) is 0 Å². The van der Waals surface area contributed by atoms with Gasteiger partial charge in [0.05, 0.1) is 0 Å². The first kappa shape index (κ1) is 9.89. The van der Waals surface area contributed by atoms with Gasteiger partial charge in [0.25, 0.3) is 0 Å². The van der Waals surface area contributed by atoms with Gasteiger partial charge in [-0.05, 0) is 17.7 Å². The van der Waals surface area contributed by atoms with Crippen LogP contribution in [0.25, 0.3) is 6.08 Å². The summed E-state index contributed by atoms with van der Waals surface area (Å²) in [5.74, 6) is -0.239. The van der Waals surface area contributed by atoms with Crippen molar-refractivity contribution < 1.29 is 9.60 Å². The molecule has 0 spiro atoms. The first-order valence-corrected chi connectivity index (χ1v) is 4.00. The van der Waals surface area contributed by atoms with Crippen LogP contribution >= 0.6 is 0 Å². The van der Waals surface area contributed by atoms with Crippen LogP contribution < -0.4 is 0 Å². The van der Waals surface area contributed by atoms with Gasteiger partial charge in [0.2, 0.25) is 0 Å². The number of benzene rings is 1. The fourth-order valence-corrected chi connectivity index (χ4v) is 0.915. The van der Waals surface area contributed by atoms with E-state index in [4.69, 9.17) is 5.21 Å². The first-order valence-electron chi connectivity index (χ1n) is 4.00. The lowest BCUT2D eigenvalue weighted by Gasteiger charge is -2.01. The Labute approximate surface area is 76.9 Å². The van der Waals surface area contributed by atoms with Gasteiger partial charge in [-0.3, -0.25) is 0 Å². The molecule has 0 fully saturated rings. The Morgan fingerprint density at radius 2 is 2.00 bits per heavy atom. The fourth-order valence-electron chi connectivity index (χ4n) is 0.915. The lowest BCUT2D eigenvalue weighted by atomic mass is 10.2. The van der Waals surface area contributed by atoms with Crippen molar-refractivity contribution in [3.63, 3.8) is 0 Å². The molecule has 2 nitrogen and oxygen atoms in total. The molecule has 13 heavy (non-hydrogen) atoms. The average molecular weight is 181 g/mol. The van der Waals surface area contributed by atoms with E-state index in [0.717, 1.165) is 10.6 Å². The zero-order valence-electron chi connectivity index (χ0n) is 7.44. The van der Waals surface area contributed by atoms with Crippen LogP contribution in [0.3, 0.4) is 0 Å². The highest BCUT2D eigenvalue weighted by molar-refractivity contribution is 5.48. The van der Waals surface area contributed by atoms with Crippen LogP contribution in [0.1, 0.15) is 5.56 Å². The smallest absolute Gasteiger partial charge is 0.123 e. The zero-order valence-corrected chi connectivity index (χ0v) is 7.44. The minimum Gasteiger partial charge on any atom is -0.314 e. The zero-order chi connectivity index (χ0) is 9.68. The van der Waals surface area contributed by atoms with E-state index in [9.17, 15) is 4.39 Å². The van der Waals surface area contributed by atoms with Crippen molar-refractivity contribution in [2.45, 2.75) is 0 Å². The maximum absolute atomic E-state index is 12.5. The van der Waals surface area contributed by atoms with Gasteiger partial charge in [-0.15, -0.1) is 0 Å². The van der Waals surface area contributed by atoms with Gasteiger partial charge in [0.1, 0.15) is 5.82 Å². The predicted octanol–water partition coefficient (Wildman–Crippen LogP) is 2.16. The molecule has 0 saturated heterocycles. The van der Waals surface area contributed by atoms with Crippen LogP contribution in [-0.4, -0.2) is 23.9 Å². The number of hydrogen-bond acceptors (Lipinski definition) is 2. The first-order chi connectivity index (χ1) is 6.18. The molecule has 1 aromatic rings. The highest BCUT2D eigenvalue weighted by Gasteiger charge is 1.89. The van der Waals surface area contributed by atoms with Gasteiger partial charge in [0, 0.05) is 13.6 Å². The van der Waals surface area contributed by atoms with Crippen LogP contribution in [0.2, 0.25) is 0 Å². The van der Waals surface area contributed by atoms with Crippen LogP contribution in [0, 0.1) is 5.82 Å². The Morgan fingerprint density at radius 3 is 2.54 bits per heavy atom. The van der Waals surface area contributed by atoms with Gasteiger partial charge in [-0.1, -0.05) is 24.3 Å². The average Bonchev–Trinajstić information content (AvgIpc) is 2.08. The molecule has 1 N–H and O–H groups in total. The largest absolute Gasteiger partial charge is 0.314 e. The SMILES string of the molecule is CN(O)C/C=C/c1ccc(F)cc1. The minimum atomic E-state index is -0.239. The Kier molecular flexibility index (Phi) is 3.61. The number of rotatable bonds is 3. The Balaban J connectivity index is 2.54. The van der Waals surface area contributed by atoms with E-state index in [-0.39, 0.29) is 5.82 Å². The molecule has 0 radical (unpaired) electrons. The maximum atomic E-state index is 12.5. The summed E-state index contributed by atoms with van der Waals surface area (Å²) < 4.78 is 12.5.